The molecule has 0 saturated heterocycles. The molecule has 3 heteroatoms. The Labute approximate surface area is 145 Å². The molecule has 0 heterocycles. The predicted molar refractivity (Wildman–Crippen MR) is 100 cm³/mol. The predicted octanol–water partition coefficient (Wildman–Crippen LogP) is 4.50. The summed E-state index contributed by atoms with van der Waals surface area (Å²) in [6.45, 7) is 7.64. The molecule has 0 aromatic heterocycles. The summed E-state index contributed by atoms with van der Waals surface area (Å²) >= 11 is 0. The van der Waals surface area contributed by atoms with Crippen molar-refractivity contribution in [2.75, 3.05) is 20.3 Å². The van der Waals surface area contributed by atoms with Crippen molar-refractivity contribution < 1.29 is 9.47 Å². The van der Waals surface area contributed by atoms with Gasteiger partial charge in [0.2, 0.25) is 0 Å². The molecular weight excluding hydrogens is 298 g/mol. The molecule has 0 aliphatic carbocycles. The van der Waals surface area contributed by atoms with Crippen LogP contribution in [0.15, 0.2) is 42.5 Å². The van der Waals surface area contributed by atoms with Crippen LogP contribution in [0.3, 0.4) is 0 Å². The quantitative estimate of drug-likeness (QED) is 0.776. The fourth-order valence-corrected chi connectivity index (χ4v) is 2.89. The highest BCUT2D eigenvalue weighted by Gasteiger charge is 2.13. The fourth-order valence-electron chi connectivity index (χ4n) is 2.89. The summed E-state index contributed by atoms with van der Waals surface area (Å²) < 4.78 is 11.0. The van der Waals surface area contributed by atoms with E-state index in [0.717, 1.165) is 17.9 Å². The van der Waals surface area contributed by atoms with Crippen molar-refractivity contribution in [3.05, 3.63) is 59.2 Å². The van der Waals surface area contributed by atoms with Crippen molar-refractivity contribution in [3.8, 4) is 11.5 Å². The molecule has 1 atom stereocenters. The highest BCUT2D eigenvalue weighted by Crippen LogP contribution is 2.30. The molecule has 0 saturated carbocycles. The summed E-state index contributed by atoms with van der Waals surface area (Å²) in [7, 11) is 1.66. The molecule has 0 fully saturated rings. The third-order valence-electron chi connectivity index (χ3n) is 4.37. The average Bonchev–Trinajstić information content (AvgIpc) is 2.60. The molecule has 3 nitrogen and oxygen atoms in total. The van der Waals surface area contributed by atoms with Crippen LogP contribution >= 0.6 is 0 Å². The van der Waals surface area contributed by atoms with Gasteiger partial charge in [0.15, 0.2) is 11.5 Å². The summed E-state index contributed by atoms with van der Waals surface area (Å²) in [4.78, 5) is 0. The lowest BCUT2D eigenvalue weighted by Gasteiger charge is -2.18. The smallest absolute Gasteiger partial charge is 0.161 e. The molecule has 130 valence electrons. The Hall–Kier alpha value is -2.00. The van der Waals surface area contributed by atoms with Gasteiger partial charge in [0.25, 0.3) is 0 Å². The second-order valence-electron chi connectivity index (χ2n) is 6.38. The zero-order valence-electron chi connectivity index (χ0n) is 15.2. The Morgan fingerprint density at radius 1 is 0.958 bits per heavy atom. The van der Waals surface area contributed by atoms with Crippen molar-refractivity contribution in [1.29, 1.82) is 0 Å². The summed E-state index contributed by atoms with van der Waals surface area (Å²) in [6, 6.07) is 15.0. The number of nitrogens with two attached hydrogens (primary N) is 1. The molecule has 24 heavy (non-hydrogen) atoms. The van der Waals surface area contributed by atoms with Gasteiger partial charge in [0, 0.05) is 5.92 Å². The number of benzene rings is 2. The summed E-state index contributed by atoms with van der Waals surface area (Å²) in [5.74, 6) is 2.41. The van der Waals surface area contributed by atoms with E-state index < -0.39 is 0 Å². The minimum Gasteiger partial charge on any atom is -0.493 e. The zero-order valence-corrected chi connectivity index (χ0v) is 15.2. The highest BCUT2D eigenvalue weighted by molar-refractivity contribution is 5.43. The maximum absolute atomic E-state index is 6.05. The number of hydrogen-bond acceptors (Lipinski definition) is 3. The fraction of sp³-hybridized carbons (Fsp3) is 0.429. The molecule has 2 N–H and O–H groups in total. The van der Waals surface area contributed by atoms with Crippen LogP contribution in [0.1, 0.15) is 49.3 Å². The Morgan fingerprint density at radius 2 is 1.62 bits per heavy atom. The van der Waals surface area contributed by atoms with Gasteiger partial charge in [-0.05, 0) is 54.6 Å². The zero-order chi connectivity index (χ0) is 17.5. The van der Waals surface area contributed by atoms with Crippen molar-refractivity contribution in [1.82, 2.24) is 0 Å². The van der Waals surface area contributed by atoms with E-state index in [1.807, 2.05) is 13.0 Å². The molecule has 0 bridgehead atoms. The minimum atomic E-state index is 0.300. The maximum Gasteiger partial charge on any atom is 0.161 e. The van der Waals surface area contributed by atoms with Gasteiger partial charge in [-0.2, -0.15) is 0 Å². The SMILES string of the molecule is CCOc1cc(CC(CN)c2ccc(C(C)C)cc2)ccc1OC. The third kappa shape index (κ3) is 4.51. The van der Waals surface area contributed by atoms with Crippen LogP contribution in [0, 0.1) is 0 Å². The van der Waals surface area contributed by atoms with E-state index in [1.54, 1.807) is 7.11 Å². The second-order valence-corrected chi connectivity index (χ2v) is 6.38. The second kappa shape index (κ2) is 8.74. The van der Waals surface area contributed by atoms with Crippen LogP contribution in [0.2, 0.25) is 0 Å². The molecule has 0 aliphatic rings. The van der Waals surface area contributed by atoms with E-state index in [-0.39, 0.29) is 0 Å². The third-order valence-corrected chi connectivity index (χ3v) is 4.37. The van der Waals surface area contributed by atoms with Gasteiger partial charge < -0.3 is 15.2 Å². The number of hydrogen-bond donors (Lipinski definition) is 1. The van der Waals surface area contributed by atoms with Crippen molar-refractivity contribution in [3.63, 3.8) is 0 Å². The molecule has 2 aromatic carbocycles. The van der Waals surface area contributed by atoms with Crippen molar-refractivity contribution in [2.45, 2.75) is 39.0 Å². The van der Waals surface area contributed by atoms with Gasteiger partial charge in [0.1, 0.15) is 0 Å². The Balaban J connectivity index is 2.19. The van der Waals surface area contributed by atoms with E-state index in [4.69, 9.17) is 15.2 Å². The Morgan fingerprint density at radius 3 is 2.17 bits per heavy atom. The first kappa shape index (κ1) is 18.3. The van der Waals surface area contributed by atoms with Crippen molar-refractivity contribution in [2.24, 2.45) is 5.73 Å². The molecule has 0 aliphatic heterocycles. The largest absolute Gasteiger partial charge is 0.493 e. The van der Waals surface area contributed by atoms with Crippen LogP contribution in [-0.4, -0.2) is 20.3 Å². The Bertz CT molecular complexity index is 635. The number of methoxy groups -OCH3 is 1. The normalized spacial score (nSPS) is 12.2. The van der Waals surface area contributed by atoms with Gasteiger partial charge in [-0.15, -0.1) is 0 Å². The van der Waals surface area contributed by atoms with E-state index in [0.29, 0.717) is 25.0 Å². The minimum absolute atomic E-state index is 0.300. The first-order chi connectivity index (χ1) is 11.6. The van der Waals surface area contributed by atoms with Crippen molar-refractivity contribution >= 4 is 0 Å². The van der Waals surface area contributed by atoms with Crippen LogP contribution in [-0.2, 0) is 6.42 Å². The van der Waals surface area contributed by atoms with Crippen LogP contribution in [0.5, 0.6) is 11.5 Å². The van der Waals surface area contributed by atoms with Gasteiger partial charge in [-0.25, -0.2) is 0 Å². The molecule has 1 unspecified atom stereocenters. The van der Waals surface area contributed by atoms with Crippen LogP contribution in [0.4, 0.5) is 0 Å². The van der Waals surface area contributed by atoms with Gasteiger partial charge in [-0.1, -0.05) is 44.2 Å². The van der Waals surface area contributed by atoms with Gasteiger partial charge in [0.05, 0.1) is 13.7 Å². The monoisotopic (exact) mass is 327 g/mol. The first-order valence-corrected chi connectivity index (χ1v) is 8.68. The molecule has 0 radical (unpaired) electrons. The molecular formula is C21H29NO2. The molecule has 0 amide bonds. The Kier molecular flexibility index (Phi) is 6.68. The molecule has 2 aromatic rings. The van der Waals surface area contributed by atoms with E-state index in [9.17, 15) is 0 Å². The van der Waals surface area contributed by atoms with E-state index >= 15 is 0 Å². The lowest BCUT2D eigenvalue weighted by atomic mass is 9.90. The summed E-state index contributed by atoms with van der Waals surface area (Å²) in [5.41, 5.74) is 9.90. The lowest BCUT2D eigenvalue weighted by molar-refractivity contribution is 0.310. The molecule has 0 spiro atoms. The maximum atomic E-state index is 6.05. The van der Waals surface area contributed by atoms with E-state index in [1.165, 1.54) is 16.7 Å². The van der Waals surface area contributed by atoms with E-state index in [2.05, 4.69) is 50.2 Å². The first-order valence-electron chi connectivity index (χ1n) is 8.68. The lowest BCUT2D eigenvalue weighted by Crippen LogP contribution is -2.15. The summed E-state index contributed by atoms with van der Waals surface area (Å²) in [5, 5.41) is 0. The molecule has 2 rings (SSSR count). The highest BCUT2D eigenvalue weighted by atomic mass is 16.5. The van der Waals surface area contributed by atoms with Gasteiger partial charge >= 0.3 is 0 Å². The van der Waals surface area contributed by atoms with Crippen LogP contribution in [0.25, 0.3) is 0 Å². The topological polar surface area (TPSA) is 44.5 Å². The van der Waals surface area contributed by atoms with Gasteiger partial charge in [-0.3, -0.25) is 0 Å². The van der Waals surface area contributed by atoms with Crippen LogP contribution < -0.4 is 15.2 Å². The number of rotatable bonds is 8. The average molecular weight is 327 g/mol. The summed E-state index contributed by atoms with van der Waals surface area (Å²) in [6.07, 6.45) is 0.890. The standard InChI is InChI=1S/C21H29NO2/c1-5-24-21-13-16(6-11-20(21)23-4)12-19(14-22)18-9-7-17(8-10-18)15(2)3/h6-11,13,15,19H,5,12,14,22H2,1-4H3. The number of ether oxygens (including phenoxy) is 2.